The number of aromatic nitrogens is 7. The van der Waals surface area contributed by atoms with Crippen LogP contribution in [0.5, 0.6) is 5.75 Å². The Bertz CT molecular complexity index is 964. The van der Waals surface area contributed by atoms with Gasteiger partial charge in [0.1, 0.15) is 24.4 Å². The molecular formula is C21H32ClN8O+. The molecule has 0 saturated heterocycles. The molecule has 3 aromatic rings. The Balaban J connectivity index is 2.15. The van der Waals surface area contributed by atoms with Crippen molar-refractivity contribution in [2.45, 2.75) is 58.8 Å². The Labute approximate surface area is 188 Å². The highest BCUT2D eigenvalue weighted by Crippen LogP contribution is 2.41. The number of ether oxygens (including phenoxy) is 1. The number of hydrogen-bond acceptors (Lipinski definition) is 6. The maximum absolute atomic E-state index is 6.47. The van der Waals surface area contributed by atoms with Gasteiger partial charge in [-0.1, -0.05) is 39.3 Å². The number of quaternary nitrogens is 1. The molecule has 2 aromatic heterocycles. The molecule has 0 bridgehead atoms. The molecule has 0 saturated carbocycles. The zero-order valence-electron chi connectivity index (χ0n) is 19.2. The van der Waals surface area contributed by atoms with Gasteiger partial charge >= 0.3 is 0 Å². The SMILES string of the molecule is CC[C@](C)(c1nnnn1[C@H]([C@H](Oc1ccc(Cl)cc1)n1cncn1)C(C)(C)C)[NH+](C)C. The third-order valence-corrected chi connectivity index (χ3v) is 6.24. The second-order valence-corrected chi connectivity index (χ2v) is 9.72. The highest BCUT2D eigenvalue weighted by molar-refractivity contribution is 6.30. The summed E-state index contributed by atoms with van der Waals surface area (Å²) in [6.45, 7) is 10.8. The van der Waals surface area contributed by atoms with Gasteiger partial charge in [-0.3, -0.25) is 0 Å². The molecule has 10 heteroatoms. The quantitative estimate of drug-likeness (QED) is 0.571. The van der Waals surface area contributed by atoms with Gasteiger partial charge in [0.25, 0.3) is 0 Å². The number of tetrazole rings is 1. The zero-order valence-corrected chi connectivity index (χ0v) is 20.0. The highest BCUT2D eigenvalue weighted by Gasteiger charge is 2.45. The lowest BCUT2D eigenvalue weighted by Gasteiger charge is -2.39. The summed E-state index contributed by atoms with van der Waals surface area (Å²) >= 11 is 6.06. The minimum Gasteiger partial charge on any atom is -0.466 e. The van der Waals surface area contributed by atoms with Gasteiger partial charge in [0.05, 0.1) is 14.1 Å². The van der Waals surface area contributed by atoms with Gasteiger partial charge in [-0.05, 0) is 47.0 Å². The zero-order chi connectivity index (χ0) is 22.8. The number of hydrogen-bond donors (Lipinski definition) is 1. The number of nitrogens with one attached hydrogen (secondary N) is 1. The Morgan fingerprint density at radius 2 is 1.81 bits per heavy atom. The summed E-state index contributed by atoms with van der Waals surface area (Å²) in [5.41, 5.74) is -0.552. The van der Waals surface area contributed by atoms with E-state index in [1.807, 2.05) is 16.8 Å². The first kappa shape index (κ1) is 23.1. The van der Waals surface area contributed by atoms with Gasteiger partial charge in [-0.2, -0.15) is 5.10 Å². The molecule has 0 fully saturated rings. The topological polar surface area (TPSA) is 88.0 Å². The van der Waals surface area contributed by atoms with Crippen LogP contribution >= 0.6 is 11.6 Å². The van der Waals surface area contributed by atoms with Crippen molar-refractivity contribution in [1.29, 1.82) is 0 Å². The van der Waals surface area contributed by atoms with Gasteiger partial charge in [-0.25, -0.2) is 14.3 Å². The van der Waals surface area contributed by atoms with Crippen LogP contribution in [0.15, 0.2) is 36.9 Å². The summed E-state index contributed by atoms with van der Waals surface area (Å²) in [7, 11) is 4.24. The second kappa shape index (κ2) is 8.92. The van der Waals surface area contributed by atoms with Crippen molar-refractivity contribution >= 4 is 11.6 Å². The molecule has 3 rings (SSSR count). The molecule has 0 aliphatic rings. The van der Waals surface area contributed by atoms with Crippen LogP contribution in [0.4, 0.5) is 0 Å². The van der Waals surface area contributed by atoms with Crippen LogP contribution in [0.1, 0.15) is 59.1 Å². The van der Waals surface area contributed by atoms with E-state index >= 15 is 0 Å². The summed E-state index contributed by atoms with van der Waals surface area (Å²) in [6, 6.07) is 7.00. The van der Waals surface area contributed by atoms with Crippen molar-refractivity contribution in [3.05, 3.63) is 47.8 Å². The van der Waals surface area contributed by atoms with Crippen LogP contribution in [0.3, 0.4) is 0 Å². The Kier molecular flexibility index (Phi) is 6.66. The van der Waals surface area contributed by atoms with Gasteiger partial charge in [-0.15, -0.1) is 5.10 Å². The molecule has 0 aliphatic carbocycles. The molecule has 9 nitrogen and oxygen atoms in total. The lowest BCUT2D eigenvalue weighted by atomic mass is 9.84. The van der Waals surface area contributed by atoms with Crippen molar-refractivity contribution < 1.29 is 9.64 Å². The second-order valence-electron chi connectivity index (χ2n) is 9.28. The molecule has 0 amide bonds. The van der Waals surface area contributed by atoms with E-state index in [4.69, 9.17) is 16.3 Å². The van der Waals surface area contributed by atoms with Gasteiger partial charge in [0.15, 0.2) is 5.54 Å². The van der Waals surface area contributed by atoms with E-state index < -0.39 is 6.23 Å². The third-order valence-electron chi connectivity index (χ3n) is 5.99. The predicted molar refractivity (Wildman–Crippen MR) is 118 cm³/mol. The normalized spacial score (nSPS) is 16.2. The van der Waals surface area contributed by atoms with Crippen LogP contribution < -0.4 is 9.64 Å². The third kappa shape index (κ3) is 4.72. The molecule has 2 heterocycles. The highest BCUT2D eigenvalue weighted by atomic mass is 35.5. The average molecular weight is 448 g/mol. The molecule has 0 aliphatic heterocycles. The van der Waals surface area contributed by atoms with Crippen molar-refractivity contribution in [3.63, 3.8) is 0 Å². The standard InChI is InChI=1S/C21H31ClN8O/c1-8-21(5,28(6)7)19-25-26-27-30(19)17(20(2,3)4)18(29-14-23-13-24-29)31-16-11-9-15(22)10-12-16/h9-14,17-18H,8H2,1-7H3/p+1/t17-,18+,21-/m1/s1. The minimum absolute atomic E-state index is 0.274. The lowest BCUT2D eigenvalue weighted by Crippen LogP contribution is -3.13. The van der Waals surface area contributed by atoms with Gasteiger partial charge in [0, 0.05) is 11.4 Å². The maximum atomic E-state index is 6.47. The molecule has 3 atom stereocenters. The minimum atomic E-state index is -0.538. The molecule has 1 N–H and O–H groups in total. The number of nitrogens with zero attached hydrogens (tertiary/aromatic N) is 7. The fraction of sp³-hybridized carbons (Fsp3) is 0.571. The van der Waals surface area contributed by atoms with Crippen molar-refractivity contribution in [1.82, 2.24) is 35.0 Å². The number of halogens is 1. The van der Waals surface area contributed by atoms with E-state index in [1.54, 1.807) is 23.1 Å². The molecule has 31 heavy (non-hydrogen) atoms. The van der Waals surface area contributed by atoms with E-state index in [9.17, 15) is 0 Å². The van der Waals surface area contributed by atoms with Crippen LogP contribution in [0.25, 0.3) is 0 Å². The Morgan fingerprint density at radius 3 is 2.32 bits per heavy atom. The lowest BCUT2D eigenvalue weighted by molar-refractivity contribution is -0.923. The average Bonchev–Trinajstić information content (AvgIpc) is 3.39. The number of benzene rings is 1. The Hall–Kier alpha value is -2.52. The summed E-state index contributed by atoms with van der Waals surface area (Å²) < 4.78 is 10.1. The molecule has 0 spiro atoms. The first-order valence-electron chi connectivity index (χ1n) is 10.4. The van der Waals surface area contributed by atoms with Crippen molar-refractivity contribution in [3.8, 4) is 5.75 Å². The van der Waals surface area contributed by atoms with Gasteiger partial charge in [0.2, 0.25) is 12.1 Å². The summed E-state index contributed by atoms with van der Waals surface area (Å²) in [6.07, 6.45) is 3.49. The largest absolute Gasteiger partial charge is 0.466 e. The monoisotopic (exact) mass is 447 g/mol. The molecule has 0 unspecified atom stereocenters. The smallest absolute Gasteiger partial charge is 0.215 e. The van der Waals surface area contributed by atoms with E-state index in [1.165, 1.54) is 11.2 Å². The molecule has 0 radical (unpaired) electrons. The van der Waals surface area contributed by atoms with Crippen molar-refractivity contribution in [2.24, 2.45) is 5.41 Å². The summed E-state index contributed by atoms with van der Waals surface area (Å²) in [5, 5.41) is 18.0. The van der Waals surface area contributed by atoms with Crippen LogP contribution in [0.2, 0.25) is 5.02 Å². The van der Waals surface area contributed by atoms with E-state index in [0.717, 1.165) is 12.2 Å². The van der Waals surface area contributed by atoms with E-state index in [-0.39, 0.29) is 17.0 Å². The first-order valence-corrected chi connectivity index (χ1v) is 10.8. The van der Waals surface area contributed by atoms with Crippen LogP contribution in [0, 0.1) is 5.41 Å². The van der Waals surface area contributed by atoms with Crippen molar-refractivity contribution in [2.75, 3.05) is 14.1 Å². The number of rotatable bonds is 8. The molecule has 168 valence electrons. The van der Waals surface area contributed by atoms with E-state index in [2.05, 4.69) is 74.3 Å². The maximum Gasteiger partial charge on any atom is 0.215 e. The summed E-state index contributed by atoms with van der Waals surface area (Å²) in [4.78, 5) is 5.39. The fourth-order valence-electron chi connectivity index (χ4n) is 3.66. The fourth-order valence-corrected chi connectivity index (χ4v) is 3.79. The van der Waals surface area contributed by atoms with Crippen LogP contribution in [-0.2, 0) is 5.54 Å². The van der Waals surface area contributed by atoms with E-state index in [0.29, 0.717) is 10.8 Å². The van der Waals surface area contributed by atoms with Gasteiger partial charge < -0.3 is 9.64 Å². The van der Waals surface area contributed by atoms with Crippen LogP contribution in [-0.4, -0.2) is 49.1 Å². The molecule has 1 aromatic carbocycles. The summed E-state index contributed by atoms with van der Waals surface area (Å²) in [5.74, 6) is 1.48. The molecular weight excluding hydrogens is 416 g/mol. The Morgan fingerprint density at radius 1 is 1.13 bits per heavy atom. The first-order chi connectivity index (χ1) is 14.6. The predicted octanol–water partition coefficient (Wildman–Crippen LogP) is 2.55.